The zero-order valence-electron chi connectivity index (χ0n) is 10.7. The number of amides is 1. The number of hydrazine groups is 1. The third-order valence-electron chi connectivity index (χ3n) is 3.21. The summed E-state index contributed by atoms with van der Waals surface area (Å²) in [5.74, 6) is 5.47. The van der Waals surface area contributed by atoms with Gasteiger partial charge in [-0.2, -0.15) is 0 Å². The van der Waals surface area contributed by atoms with E-state index in [1.807, 2.05) is 4.90 Å². The third kappa shape index (κ3) is 2.79. The molecule has 0 radical (unpaired) electrons. The van der Waals surface area contributed by atoms with E-state index in [0.717, 1.165) is 32.2 Å². The number of pyridine rings is 1. The molecule has 1 aromatic heterocycles. The number of nitrogens with zero attached hydrogens (tertiary/aromatic N) is 2. The monoisotopic (exact) mass is 248 g/mol. The van der Waals surface area contributed by atoms with E-state index in [4.69, 9.17) is 5.84 Å². The molecular weight excluding hydrogens is 228 g/mol. The van der Waals surface area contributed by atoms with Crippen molar-refractivity contribution in [3.05, 3.63) is 24.0 Å². The highest BCUT2D eigenvalue weighted by Crippen LogP contribution is 2.29. The second-order valence-corrected chi connectivity index (χ2v) is 4.65. The summed E-state index contributed by atoms with van der Waals surface area (Å²) in [7, 11) is 0. The highest BCUT2D eigenvalue weighted by Gasteiger charge is 2.33. The number of hydrogen-bond donors (Lipinski definition) is 2. The average Bonchev–Trinajstić information content (AvgIpc) is 3.23. The average molecular weight is 248 g/mol. The Bertz CT molecular complexity index is 417. The van der Waals surface area contributed by atoms with E-state index in [9.17, 15) is 4.79 Å². The van der Waals surface area contributed by atoms with Crippen LogP contribution in [0.15, 0.2) is 18.5 Å². The van der Waals surface area contributed by atoms with Crippen molar-refractivity contribution in [2.75, 3.05) is 12.0 Å². The molecule has 0 spiro atoms. The van der Waals surface area contributed by atoms with Crippen molar-refractivity contribution in [2.24, 2.45) is 5.84 Å². The Morgan fingerprint density at radius 3 is 3.00 bits per heavy atom. The van der Waals surface area contributed by atoms with Gasteiger partial charge < -0.3 is 10.3 Å². The lowest BCUT2D eigenvalue weighted by atomic mass is 10.2. The Morgan fingerprint density at radius 2 is 2.39 bits per heavy atom. The molecule has 0 bridgehead atoms. The van der Waals surface area contributed by atoms with Crippen LogP contribution in [0.2, 0.25) is 0 Å². The summed E-state index contributed by atoms with van der Waals surface area (Å²) in [4.78, 5) is 18.5. The normalized spacial score (nSPS) is 14.3. The lowest BCUT2D eigenvalue weighted by Gasteiger charge is -2.23. The van der Waals surface area contributed by atoms with Gasteiger partial charge in [-0.15, -0.1) is 0 Å². The van der Waals surface area contributed by atoms with E-state index < -0.39 is 0 Å². The highest BCUT2D eigenvalue weighted by molar-refractivity contribution is 5.99. The molecule has 1 amide bonds. The van der Waals surface area contributed by atoms with E-state index in [1.165, 1.54) is 0 Å². The zero-order valence-corrected chi connectivity index (χ0v) is 10.7. The first-order valence-electron chi connectivity index (χ1n) is 6.49. The molecule has 0 aromatic carbocycles. The molecule has 98 valence electrons. The van der Waals surface area contributed by atoms with Crippen molar-refractivity contribution in [1.29, 1.82) is 0 Å². The van der Waals surface area contributed by atoms with Crippen molar-refractivity contribution in [2.45, 2.75) is 38.6 Å². The summed E-state index contributed by atoms with van der Waals surface area (Å²) in [6.45, 7) is 2.95. The fourth-order valence-corrected chi connectivity index (χ4v) is 2.01. The number of anilines is 1. The summed E-state index contributed by atoms with van der Waals surface area (Å²) in [6, 6.07) is 2.13. The topological polar surface area (TPSA) is 71.2 Å². The lowest BCUT2D eigenvalue weighted by molar-refractivity contribution is 0.0741. The minimum absolute atomic E-state index is 0.0343. The van der Waals surface area contributed by atoms with Crippen LogP contribution in [0.1, 0.15) is 43.0 Å². The number of aromatic nitrogens is 1. The van der Waals surface area contributed by atoms with Gasteiger partial charge in [0.05, 0.1) is 11.3 Å². The summed E-state index contributed by atoms with van der Waals surface area (Å²) in [5, 5.41) is 0. The van der Waals surface area contributed by atoms with Crippen molar-refractivity contribution in [3.8, 4) is 0 Å². The standard InChI is InChI=1S/C13H20N4O/c1-2-3-8-17(10-4-5-10)13(18)11-9-15-7-6-12(11)16-14/h6-7,9-10H,2-5,8,14H2,1H3,(H,15,16). The molecule has 1 aromatic rings. The minimum atomic E-state index is 0.0343. The van der Waals surface area contributed by atoms with Gasteiger partial charge in [-0.05, 0) is 25.3 Å². The van der Waals surface area contributed by atoms with Crippen LogP contribution in [0, 0.1) is 0 Å². The number of unbranched alkanes of at least 4 members (excludes halogenated alkanes) is 1. The van der Waals surface area contributed by atoms with E-state index in [-0.39, 0.29) is 5.91 Å². The number of nitrogens with one attached hydrogen (secondary N) is 1. The molecule has 2 rings (SSSR count). The van der Waals surface area contributed by atoms with Crippen LogP contribution < -0.4 is 11.3 Å². The molecule has 3 N–H and O–H groups in total. The molecule has 0 saturated heterocycles. The molecular formula is C13H20N4O. The number of carbonyl (C=O) groups is 1. The predicted molar refractivity (Wildman–Crippen MR) is 71.0 cm³/mol. The van der Waals surface area contributed by atoms with Gasteiger partial charge >= 0.3 is 0 Å². The van der Waals surface area contributed by atoms with Gasteiger partial charge in [-0.25, -0.2) is 0 Å². The molecule has 1 heterocycles. The predicted octanol–water partition coefficient (Wildman–Crippen LogP) is 1.77. The molecule has 5 nitrogen and oxygen atoms in total. The SMILES string of the molecule is CCCCN(C(=O)c1cnccc1NN)C1CC1. The van der Waals surface area contributed by atoms with Crippen molar-refractivity contribution >= 4 is 11.6 Å². The molecule has 1 saturated carbocycles. The molecule has 1 aliphatic rings. The summed E-state index contributed by atoms with van der Waals surface area (Å²) >= 11 is 0. The van der Waals surface area contributed by atoms with Gasteiger partial charge in [0.2, 0.25) is 0 Å². The maximum absolute atomic E-state index is 12.5. The van der Waals surface area contributed by atoms with Gasteiger partial charge in [0.25, 0.3) is 5.91 Å². The molecule has 0 unspecified atom stereocenters. The smallest absolute Gasteiger partial charge is 0.257 e. The first-order valence-corrected chi connectivity index (χ1v) is 6.49. The van der Waals surface area contributed by atoms with E-state index in [1.54, 1.807) is 18.5 Å². The van der Waals surface area contributed by atoms with Gasteiger partial charge in [-0.1, -0.05) is 13.3 Å². The van der Waals surface area contributed by atoms with Crippen LogP contribution in [0.25, 0.3) is 0 Å². The van der Waals surface area contributed by atoms with Crippen molar-refractivity contribution < 1.29 is 4.79 Å². The van der Waals surface area contributed by atoms with Gasteiger partial charge in [-0.3, -0.25) is 15.6 Å². The maximum Gasteiger partial charge on any atom is 0.257 e. The number of carbonyl (C=O) groups excluding carboxylic acids is 1. The fourth-order valence-electron chi connectivity index (χ4n) is 2.01. The third-order valence-corrected chi connectivity index (χ3v) is 3.21. The van der Waals surface area contributed by atoms with E-state index >= 15 is 0 Å². The summed E-state index contributed by atoms with van der Waals surface area (Å²) in [5.41, 5.74) is 3.75. The molecule has 0 atom stereocenters. The fraction of sp³-hybridized carbons (Fsp3) is 0.538. The van der Waals surface area contributed by atoms with Crippen LogP contribution in [0.5, 0.6) is 0 Å². The Kier molecular flexibility index (Phi) is 4.15. The van der Waals surface area contributed by atoms with E-state index in [2.05, 4.69) is 17.3 Å². The molecule has 5 heteroatoms. The first-order chi connectivity index (χ1) is 8.77. The second kappa shape index (κ2) is 5.82. The van der Waals surface area contributed by atoms with Crippen LogP contribution in [-0.4, -0.2) is 28.4 Å². The van der Waals surface area contributed by atoms with Gasteiger partial charge in [0, 0.05) is 25.0 Å². The summed E-state index contributed by atoms with van der Waals surface area (Å²) < 4.78 is 0. The van der Waals surface area contributed by atoms with E-state index in [0.29, 0.717) is 17.3 Å². The highest BCUT2D eigenvalue weighted by atomic mass is 16.2. The molecule has 1 fully saturated rings. The van der Waals surface area contributed by atoms with Gasteiger partial charge in [0.1, 0.15) is 0 Å². The minimum Gasteiger partial charge on any atom is -0.336 e. The zero-order chi connectivity index (χ0) is 13.0. The van der Waals surface area contributed by atoms with Crippen molar-refractivity contribution in [1.82, 2.24) is 9.88 Å². The quantitative estimate of drug-likeness (QED) is 0.594. The van der Waals surface area contributed by atoms with Crippen LogP contribution in [0.3, 0.4) is 0 Å². The van der Waals surface area contributed by atoms with Crippen LogP contribution >= 0.6 is 0 Å². The number of rotatable bonds is 6. The first kappa shape index (κ1) is 12.8. The van der Waals surface area contributed by atoms with Crippen LogP contribution in [0.4, 0.5) is 5.69 Å². The lowest BCUT2D eigenvalue weighted by Crippen LogP contribution is -2.34. The van der Waals surface area contributed by atoms with Crippen molar-refractivity contribution in [3.63, 3.8) is 0 Å². The van der Waals surface area contributed by atoms with Gasteiger partial charge in [0.15, 0.2) is 0 Å². The maximum atomic E-state index is 12.5. The Labute approximate surface area is 107 Å². The summed E-state index contributed by atoms with van der Waals surface area (Å²) in [6.07, 6.45) is 7.56. The number of nitrogen functional groups attached to an aromatic ring is 1. The molecule has 18 heavy (non-hydrogen) atoms. The number of hydrogen-bond acceptors (Lipinski definition) is 4. The largest absolute Gasteiger partial charge is 0.336 e. The molecule has 1 aliphatic carbocycles. The Hall–Kier alpha value is -1.62. The molecule has 0 aliphatic heterocycles. The second-order valence-electron chi connectivity index (χ2n) is 4.65. The Balaban J connectivity index is 2.16. The van der Waals surface area contributed by atoms with Crippen LogP contribution in [-0.2, 0) is 0 Å². The number of nitrogens with two attached hydrogens (primary N) is 1. The Morgan fingerprint density at radius 1 is 1.61 bits per heavy atom.